The van der Waals surface area contributed by atoms with E-state index in [9.17, 15) is 19.1 Å². The largest absolute Gasteiger partial charge is 0.366 e. The predicted molar refractivity (Wildman–Crippen MR) is 144 cm³/mol. The number of ether oxygens (including phenoxy) is 1. The number of H-pyrrole nitrogens is 1. The summed E-state index contributed by atoms with van der Waals surface area (Å²) >= 11 is 0. The highest BCUT2D eigenvalue weighted by Gasteiger charge is 2.35. The number of anilines is 1. The van der Waals surface area contributed by atoms with Crippen LogP contribution in [0.1, 0.15) is 67.5 Å². The highest BCUT2D eigenvalue weighted by Crippen LogP contribution is 2.39. The number of β-amino-alcohol motifs (C(OH)–C–C–N with tert-alkyl or cyclic N) is 1. The molecule has 202 valence electrons. The maximum Gasteiger partial charge on any atom is 0.259 e. The number of rotatable bonds is 10. The number of carbonyl (C=O) groups excluding carboxylic acids is 2. The second-order valence-electron chi connectivity index (χ2n) is 10.3. The Balaban J connectivity index is 1.89. The minimum atomic E-state index is -1.22. The molecule has 0 fully saturated rings. The van der Waals surface area contributed by atoms with E-state index >= 15 is 0 Å². The first-order valence-electron chi connectivity index (χ1n) is 12.7. The second kappa shape index (κ2) is 11.6. The topological polar surface area (TPSA) is 97.9 Å². The van der Waals surface area contributed by atoms with Crippen LogP contribution in [-0.4, -0.2) is 71.4 Å². The number of aliphatic hydroxyl groups excluding tert-OH is 1. The number of nitrogens with zero attached hydrogens (tertiary/aromatic N) is 2. The molecule has 2 aromatic rings. The molecule has 1 aliphatic heterocycles. The molecule has 3 rings (SSSR count). The lowest BCUT2D eigenvalue weighted by Gasteiger charge is -2.27. The number of amides is 2. The van der Waals surface area contributed by atoms with Crippen LogP contribution in [0, 0.1) is 19.7 Å². The SMILES string of the molecule is CCN(CC)CCNC(=O)c1c(C)[nH]c(/C=C2\C(=O)N(CC(O)OC(C)(C)C)c3ccc(F)cc32)c1C. The molecule has 9 heteroatoms. The Labute approximate surface area is 218 Å². The Hall–Kier alpha value is -3.01. The van der Waals surface area contributed by atoms with Crippen LogP contribution >= 0.6 is 0 Å². The molecule has 3 N–H and O–H groups in total. The van der Waals surface area contributed by atoms with Gasteiger partial charge in [-0.1, -0.05) is 13.8 Å². The minimum Gasteiger partial charge on any atom is -0.366 e. The molecule has 1 aromatic carbocycles. The van der Waals surface area contributed by atoms with Crippen molar-refractivity contribution in [3.8, 4) is 0 Å². The number of halogens is 1. The number of aryl methyl sites for hydroxylation is 1. The monoisotopic (exact) mass is 514 g/mol. The Morgan fingerprint density at radius 3 is 2.57 bits per heavy atom. The van der Waals surface area contributed by atoms with Gasteiger partial charge in [-0.2, -0.15) is 0 Å². The summed E-state index contributed by atoms with van der Waals surface area (Å²) in [5.74, 6) is -1.04. The predicted octanol–water partition coefficient (Wildman–Crippen LogP) is 3.86. The number of fused-ring (bicyclic) bond motifs is 1. The first kappa shape index (κ1) is 28.6. The summed E-state index contributed by atoms with van der Waals surface area (Å²) in [4.78, 5) is 33.2. The van der Waals surface area contributed by atoms with Crippen molar-refractivity contribution in [1.82, 2.24) is 15.2 Å². The fourth-order valence-electron chi connectivity index (χ4n) is 4.61. The Morgan fingerprint density at radius 2 is 1.95 bits per heavy atom. The van der Waals surface area contributed by atoms with Gasteiger partial charge in [0.05, 0.1) is 29.0 Å². The number of hydrogen-bond donors (Lipinski definition) is 3. The van der Waals surface area contributed by atoms with Crippen LogP contribution in [0.3, 0.4) is 0 Å². The lowest BCUT2D eigenvalue weighted by atomic mass is 10.0. The number of aliphatic hydroxyl groups is 1. The van der Waals surface area contributed by atoms with Gasteiger partial charge in [0.1, 0.15) is 5.82 Å². The van der Waals surface area contributed by atoms with Gasteiger partial charge in [0.15, 0.2) is 6.29 Å². The molecule has 1 aromatic heterocycles. The van der Waals surface area contributed by atoms with Crippen molar-refractivity contribution in [2.45, 2.75) is 60.4 Å². The maximum absolute atomic E-state index is 14.2. The number of nitrogens with one attached hydrogen (secondary N) is 2. The van der Waals surface area contributed by atoms with Crippen LogP contribution in [0.4, 0.5) is 10.1 Å². The lowest BCUT2D eigenvalue weighted by Crippen LogP contribution is -2.39. The average molecular weight is 515 g/mol. The Bertz CT molecular complexity index is 1180. The third-order valence-electron chi connectivity index (χ3n) is 6.44. The van der Waals surface area contributed by atoms with E-state index in [1.807, 2.05) is 34.6 Å². The highest BCUT2D eigenvalue weighted by atomic mass is 19.1. The number of aromatic amines is 1. The summed E-state index contributed by atoms with van der Waals surface area (Å²) in [6.45, 7) is 16.2. The lowest BCUT2D eigenvalue weighted by molar-refractivity contribution is -0.160. The van der Waals surface area contributed by atoms with Crippen LogP contribution in [0.25, 0.3) is 11.6 Å². The average Bonchev–Trinajstić information content (AvgIpc) is 3.22. The molecule has 0 aliphatic carbocycles. The molecule has 0 radical (unpaired) electrons. The number of likely N-dealkylation sites (N-methyl/N-ethyl adjacent to an activating group) is 1. The Kier molecular flexibility index (Phi) is 8.94. The van der Waals surface area contributed by atoms with Crippen molar-refractivity contribution < 1.29 is 23.8 Å². The van der Waals surface area contributed by atoms with Crippen molar-refractivity contribution in [3.05, 3.63) is 52.1 Å². The summed E-state index contributed by atoms with van der Waals surface area (Å²) in [6.07, 6.45) is 0.425. The Morgan fingerprint density at radius 1 is 1.27 bits per heavy atom. The van der Waals surface area contributed by atoms with Crippen molar-refractivity contribution in [3.63, 3.8) is 0 Å². The van der Waals surface area contributed by atoms with Gasteiger partial charge < -0.3 is 29.9 Å². The number of aromatic nitrogens is 1. The van der Waals surface area contributed by atoms with Gasteiger partial charge in [0.2, 0.25) is 0 Å². The zero-order chi connectivity index (χ0) is 27.5. The van der Waals surface area contributed by atoms with Gasteiger partial charge in [-0.05, 0) is 77.5 Å². The second-order valence-corrected chi connectivity index (χ2v) is 10.3. The van der Waals surface area contributed by atoms with E-state index in [4.69, 9.17) is 4.74 Å². The van der Waals surface area contributed by atoms with E-state index in [0.717, 1.165) is 19.6 Å². The standard InChI is InChI=1S/C28H39FN4O4/c1-8-32(9-2)13-12-30-26(35)25-17(3)22(31-18(25)4)15-21-20-14-19(29)10-11-23(20)33(27(21)36)16-24(34)37-28(5,6)7/h10-11,14-15,24,31,34H,8-9,12-13,16H2,1-7H3,(H,30,35)/b21-15-. The molecule has 0 saturated carbocycles. The van der Waals surface area contributed by atoms with Gasteiger partial charge in [0.25, 0.3) is 11.8 Å². The van der Waals surface area contributed by atoms with Crippen LogP contribution in [0.5, 0.6) is 0 Å². The zero-order valence-corrected chi connectivity index (χ0v) is 22.9. The molecule has 8 nitrogen and oxygen atoms in total. The van der Waals surface area contributed by atoms with Crippen LogP contribution in [0.2, 0.25) is 0 Å². The first-order valence-corrected chi connectivity index (χ1v) is 12.7. The van der Waals surface area contributed by atoms with Crippen LogP contribution in [0.15, 0.2) is 18.2 Å². The highest BCUT2D eigenvalue weighted by molar-refractivity contribution is 6.35. The van der Waals surface area contributed by atoms with Crippen molar-refractivity contribution >= 4 is 29.2 Å². The molecule has 0 spiro atoms. The summed E-state index contributed by atoms with van der Waals surface area (Å²) in [6, 6.07) is 4.11. The summed E-state index contributed by atoms with van der Waals surface area (Å²) in [5, 5.41) is 13.4. The maximum atomic E-state index is 14.2. The molecular formula is C28H39FN4O4. The first-order chi connectivity index (χ1) is 17.4. The quantitative estimate of drug-likeness (QED) is 0.330. The molecule has 1 aliphatic rings. The van der Waals surface area contributed by atoms with Crippen LogP contribution in [-0.2, 0) is 9.53 Å². The molecule has 0 bridgehead atoms. The molecule has 0 saturated heterocycles. The van der Waals surface area contributed by atoms with E-state index in [-0.39, 0.29) is 23.9 Å². The molecule has 2 amide bonds. The third-order valence-corrected chi connectivity index (χ3v) is 6.44. The summed E-state index contributed by atoms with van der Waals surface area (Å²) in [7, 11) is 0. The van der Waals surface area contributed by atoms with Gasteiger partial charge >= 0.3 is 0 Å². The molecular weight excluding hydrogens is 475 g/mol. The van der Waals surface area contributed by atoms with E-state index in [0.29, 0.717) is 40.3 Å². The number of benzene rings is 1. The van der Waals surface area contributed by atoms with E-state index < -0.39 is 17.7 Å². The summed E-state index contributed by atoms with van der Waals surface area (Å²) in [5.41, 5.74) is 3.09. The van der Waals surface area contributed by atoms with E-state index in [2.05, 4.69) is 29.0 Å². The third kappa shape index (κ3) is 6.66. The molecule has 2 heterocycles. The fraction of sp³-hybridized carbons (Fsp3) is 0.500. The molecule has 1 unspecified atom stereocenters. The van der Waals surface area contributed by atoms with Crippen molar-refractivity contribution in [1.29, 1.82) is 0 Å². The van der Waals surface area contributed by atoms with Crippen LogP contribution < -0.4 is 10.2 Å². The smallest absolute Gasteiger partial charge is 0.259 e. The number of hydrogen-bond acceptors (Lipinski definition) is 5. The fourth-order valence-corrected chi connectivity index (χ4v) is 4.61. The molecule has 37 heavy (non-hydrogen) atoms. The normalized spacial score (nSPS) is 15.6. The van der Waals surface area contributed by atoms with Gasteiger partial charge in [0, 0.05) is 30.0 Å². The molecule has 1 atom stereocenters. The van der Waals surface area contributed by atoms with E-state index in [1.54, 1.807) is 6.08 Å². The van der Waals surface area contributed by atoms with Crippen molar-refractivity contribution in [2.24, 2.45) is 0 Å². The van der Waals surface area contributed by atoms with E-state index in [1.165, 1.54) is 23.1 Å². The van der Waals surface area contributed by atoms with Gasteiger partial charge in [-0.25, -0.2) is 4.39 Å². The van der Waals surface area contributed by atoms with Crippen molar-refractivity contribution in [2.75, 3.05) is 37.6 Å². The minimum absolute atomic E-state index is 0.102. The van der Waals surface area contributed by atoms with Gasteiger partial charge in [-0.15, -0.1) is 0 Å². The summed E-state index contributed by atoms with van der Waals surface area (Å²) < 4.78 is 19.8. The number of carbonyl (C=O) groups is 2. The van der Waals surface area contributed by atoms with Gasteiger partial charge in [-0.3, -0.25) is 9.59 Å². The zero-order valence-electron chi connectivity index (χ0n) is 22.9.